The second kappa shape index (κ2) is 8.53. The Morgan fingerprint density at radius 3 is 2.74 bits per heavy atom. The van der Waals surface area contributed by atoms with Crippen LogP contribution < -0.4 is 4.72 Å². The van der Waals surface area contributed by atoms with E-state index in [0.717, 1.165) is 37.2 Å². The van der Waals surface area contributed by atoms with E-state index in [2.05, 4.69) is 28.6 Å². The van der Waals surface area contributed by atoms with E-state index in [0.29, 0.717) is 0 Å². The zero-order chi connectivity index (χ0) is 14.3. The Morgan fingerprint density at radius 2 is 2.21 bits per heavy atom. The third-order valence-electron chi connectivity index (χ3n) is 3.17. The summed E-state index contributed by atoms with van der Waals surface area (Å²) in [5.41, 5.74) is 2.12. The first-order valence-electron chi connectivity index (χ1n) is 6.73. The number of aromatic nitrogens is 1. The van der Waals surface area contributed by atoms with E-state index >= 15 is 0 Å². The molecule has 0 radical (unpaired) electrons. The van der Waals surface area contributed by atoms with Gasteiger partial charge in [0, 0.05) is 17.6 Å². The van der Waals surface area contributed by atoms with Crippen molar-refractivity contribution < 1.29 is 4.55 Å². The highest BCUT2D eigenvalue weighted by molar-refractivity contribution is 7.88. The summed E-state index contributed by atoms with van der Waals surface area (Å²) in [7, 11) is 2.12. The molecule has 5 heteroatoms. The lowest BCUT2D eigenvalue weighted by Gasteiger charge is -2.20. The van der Waals surface area contributed by atoms with Crippen molar-refractivity contribution >= 4 is 11.4 Å². The lowest BCUT2D eigenvalue weighted by Crippen LogP contribution is -2.29. The summed E-state index contributed by atoms with van der Waals surface area (Å²) < 4.78 is 14.5. The molecular formula is C14H25N3OS. The molecule has 0 spiro atoms. The molecule has 1 aromatic heterocycles. The van der Waals surface area contributed by atoms with E-state index in [1.165, 1.54) is 0 Å². The number of hydrogen-bond donors (Lipinski definition) is 1. The molecule has 0 aliphatic rings. The van der Waals surface area contributed by atoms with Crippen molar-refractivity contribution in [1.29, 1.82) is 0 Å². The average molecular weight is 283 g/mol. The molecule has 1 aromatic rings. The van der Waals surface area contributed by atoms with Gasteiger partial charge in [0.1, 0.15) is 6.26 Å². The van der Waals surface area contributed by atoms with Crippen molar-refractivity contribution in [3.8, 4) is 0 Å². The fourth-order valence-corrected chi connectivity index (χ4v) is 2.52. The largest absolute Gasteiger partial charge is 0.598 e. The number of nitrogens with one attached hydrogen (secondary N) is 1. The van der Waals surface area contributed by atoms with Crippen LogP contribution in [0.2, 0.25) is 0 Å². The smallest absolute Gasteiger partial charge is 0.115 e. The second-order valence-electron chi connectivity index (χ2n) is 4.92. The summed E-state index contributed by atoms with van der Waals surface area (Å²) in [6.07, 6.45) is 5.54. The Bertz CT molecular complexity index is 356. The zero-order valence-corrected chi connectivity index (χ0v) is 13.2. The van der Waals surface area contributed by atoms with Crippen LogP contribution in [0.5, 0.6) is 0 Å². The van der Waals surface area contributed by atoms with Crippen molar-refractivity contribution in [2.24, 2.45) is 0 Å². The summed E-state index contributed by atoms with van der Waals surface area (Å²) >= 11 is -1.02. The third kappa shape index (κ3) is 6.38. The van der Waals surface area contributed by atoms with E-state index in [1.807, 2.05) is 25.3 Å². The molecule has 108 valence electrons. The van der Waals surface area contributed by atoms with Crippen LogP contribution in [-0.4, -0.2) is 40.8 Å². The average Bonchev–Trinajstić information content (AvgIpc) is 2.37. The van der Waals surface area contributed by atoms with Gasteiger partial charge in [-0.3, -0.25) is 4.98 Å². The maximum Gasteiger partial charge on any atom is 0.115 e. The fraction of sp³-hybridized carbons (Fsp3) is 0.643. The minimum atomic E-state index is -1.02. The highest BCUT2D eigenvalue weighted by Crippen LogP contribution is 2.18. The first-order valence-corrected chi connectivity index (χ1v) is 8.29. The number of hydrogen-bond acceptors (Lipinski definition) is 4. The van der Waals surface area contributed by atoms with Gasteiger partial charge >= 0.3 is 0 Å². The van der Waals surface area contributed by atoms with Crippen LogP contribution in [0.1, 0.15) is 37.1 Å². The molecule has 0 aromatic carbocycles. The molecule has 19 heavy (non-hydrogen) atoms. The molecule has 0 fully saturated rings. The summed E-state index contributed by atoms with van der Waals surface area (Å²) in [4.78, 5) is 6.72. The van der Waals surface area contributed by atoms with Crippen LogP contribution in [0.4, 0.5) is 0 Å². The van der Waals surface area contributed by atoms with Gasteiger partial charge in [-0.1, -0.05) is 13.0 Å². The van der Waals surface area contributed by atoms with E-state index in [4.69, 9.17) is 0 Å². The molecule has 0 saturated heterocycles. The molecule has 0 aliphatic carbocycles. The van der Waals surface area contributed by atoms with Gasteiger partial charge in [-0.25, -0.2) is 0 Å². The van der Waals surface area contributed by atoms with Crippen LogP contribution in [0.3, 0.4) is 0 Å². The fourth-order valence-electron chi connectivity index (χ4n) is 1.88. The van der Waals surface area contributed by atoms with E-state index in [9.17, 15) is 4.55 Å². The van der Waals surface area contributed by atoms with Gasteiger partial charge in [0.2, 0.25) is 0 Å². The molecule has 1 heterocycles. The monoisotopic (exact) mass is 283 g/mol. The van der Waals surface area contributed by atoms with Gasteiger partial charge in [0.15, 0.2) is 0 Å². The number of rotatable bonds is 8. The Morgan fingerprint density at radius 1 is 1.47 bits per heavy atom. The lowest BCUT2D eigenvalue weighted by atomic mass is 10.1. The summed E-state index contributed by atoms with van der Waals surface area (Å²) in [5.74, 6) is 0. The van der Waals surface area contributed by atoms with E-state index < -0.39 is 11.4 Å². The predicted molar refractivity (Wildman–Crippen MR) is 81.3 cm³/mol. The number of aryl methyl sites for hydroxylation is 1. The second-order valence-corrected chi connectivity index (χ2v) is 6.07. The molecule has 1 N–H and O–H groups in total. The van der Waals surface area contributed by atoms with Crippen molar-refractivity contribution in [1.82, 2.24) is 14.6 Å². The van der Waals surface area contributed by atoms with Crippen LogP contribution in [-0.2, 0) is 11.4 Å². The Balaban J connectivity index is 2.58. The molecule has 0 bridgehead atoms. The third-order valence-corrected chi connectivity index (χ3v) is 3.79. The van der Waals surface area contributed by atoms with Gasteiger partial charge in [-0.2, -0.15) is 0 Å². The minimum Gasteiger partial charge on any atom is -0.598 e. The van der Waals surface area contributed by atoms with Gasteiger partial charge in [0.05, 0.1) is 11.7 Å². The number of nitrogens with zero attached hydrogens (tertiary/aromatic N) is 2. The molecule has 1 rings (SSSR count). The maximum absolute atomic E-state index is 11.4. The highest BCUT2D eigenvalue weighted by atomic mass is 32.2. The molecule has 0 saturated carbocycles. The van der Waals surface area contributed by atoms with Gasteiger partial charge < -0.3 is 9.45 Å². The molecule has 0 amide bonds. The first kappa shape index (κ1) is 16.4. The first-order chi connectivity index (χ1) is 9.02. The normalized spacial score (nSPS) is 14.6. The molecule has 0 aliphatic heterocycles. The predicted octanol–water partition coefficient (Wildman–Crippen LogP) is 2.05. The van der Waals surface area contributed by atoms with Crippen molar-refractivity contribution in [3.05, 3.63) is 29.6 Å². The van der Waals surface area contributed by atoms with Gasteiger partial charge in [-0.05, 0) is 51.5 Å². The van der Waals surface area contributed by atoms with Crippen LogP contribution >= 0.6 is 0 Å². The summed E-state index contributed by atoms with van der Waals surface area (Å²) in [6.45, 7) is 6.28. The van der Waals surface area contributed by atoms with Crippen LogP contribution in [0.25, 0.3) is 0 Å². The Labute approximate surface area is 119 Å². The van der Waals surface area contributed by atoms with Crippen molar-refractivity contribution in [3.63, 3.8) is 0 Å². The summed E-state index contributed by atoms with van der Waals surface area (Å²) in [5, 5.41) is 0. The maximum atomic E-state index is 11.4. The quantitative estimate of drug-likeness (QED) is 0.742. The zero-order valence-electron chi connectivity index (χ0n) is 12.3. The van der Waals surface area contributed by atoms with Gasteiger partial charge in [0.25, 0.3) is 0 Å². The van der Waals surface area contributed by atoms with Crippen molar-refractivity contribution in [2.45, 2.75) is 32.7 Å². The van der Waals surface area contributed by atoms with Crippen molar-refractivity contribution in [2.75, 3.05) is 26.4 Å². The molecule has 2 atom stereocenters. The minimum absolute atomic E-state index is 0.0664. The summed E-state index contributed by atoms with van der Waals surface area (Å²) in [6, 6.07) is 4.13. The van der Waals surface area contributed by atoms with Gasteiger partial charge in [-0.15, -0.1) is 4.72 Å². The lowest BCUT2D eigenvalue weighted by molar-refractivity contribution is 0.335. The molecule has 4 nitrogen and oxygen atoms in total. The Hall–Kier alpha value is -0.620. The van der Waals surface area contributed by atoms with E-state index in [-0.39, 0.29) is 6.04 Å². The molecule has 1 unspecified atom stereocenters. The SMILES string of the molecule is CCN(C)CCCC(N[S@+](C)[O-])c1ccc(C)cn1. The topological polar surface area (TPSA) is 51.2 Å². The highest BCUT2D eigenvalue weighted by Gasteiger charge is 2.16. The van der Waals surface area contributed by atoms with Crippen LogP contribution in [0.15, 0.2) is 18.3 Å². The Kier molecular flexibility index (Phi) is 7.38. The van der Waals surface area contributed by atoms with Crippen LogP contribution in [0, 0.1) is 6.92 Å². The molecular weight excluding hydrogens is 258 g/mol. The standard InChI is InChI=1S/C14H25N3OS/c1-5-17(3)10-6-7-14(16-19(4)18)13-9-8-12(2)11-15-13/h8-9,11,14,16H,5-7,10H2,1-4H3/t14?,19-/m0/s1. The van der Waals surface area contributed by atoms with E-state index in [1.54, 1.807) is 6.26 Å². The number of pyridine rings is 1.